The number of halogens is 3. The van der Waals surface area contributed by atoms with Crippen LogP contribution in [0.15, 0.2) is 18.2 Å². The Labute approximate surface area is 118 Å². The average Bonchev–Trinajstić information content (AvgIpc) is 2.37. The molecule has 0 bridgehead atoms. The van der Waals surface area contributed by atoms with Gasteiger partial charge in [-0.2, -0.15) is 18.4 Å². The molecule has 114 valence electrons. The Morgan fingerprint density at radius 3 is 2.57 bits per heavy atom. The summed E-state index contributed by atoms with van der Waals surface area (Å²) in [6.45, 7) is 1.31. The fourth-order valence-corrected chi connectivity index (χ4v) is 1.39. The fraction of sp³-hybridized carbons (Fsp3) is 0.417. The summed E-state index contributed by atoms with van der Waals surface area (Å²) >= 11 is 0. The Hall–Kier alpha value is -2.34. The van der Waals surface area contributed by atoms with Crippen LogP contribution >= 0.6 is 0 Å². The van der Waals surface area contributed by atoms with Crippen molar-refractivity contribution in [3.8, 4) is 11.8 Å². The van der Waals surface area contributed by atoms with E-state index in [2.05, 4.69) is 0 Å². The average molecular weight is 303 g/mol. The number of ether oxygens (including phenoxy) is 1. The van der Waals surface area contributed by atoms with Gasteiger partial charge in [0.2, 0.25) is 0 Å². The third kappa shape index (κ3) is 4.61. The highest BCUT2D eigenvalue weighted by Gasteiger charge is 2.33. The molecule has 0 spiro atoms. The molecule has 9 heteroatoms. The molecule has 1 aromatic rings. The van der Waals surface area contributed by atoms with Gasteiger partial charge in [0, 0.05) is 12.5 Å². The predicted octanol–water partition coefficient (Wildman–Crippen LogP) is 2.62. The van der Waals surface area contributed by atoms with E-state index in [1.54, 1.807) is 0 Å². The summed E-state index contributed by atoms with van der Waals surface area (Å²) in [5, 5.41) is 19.5. The van der Waals surface area contributed by atoms with Gasteiger partial charge in [-0.3, -0.25) is 10.1 Å². The van der Waals surface area contributed by atoms with E-state index in [1.807, 2.05) is 6.07 Å². The predicted molar refractivity (Wildman–Crippen MR) is 66.4 cm³/mol. The van der Waals surface area contributed by atoms with Gasteiger partial charge in [-0.15, -0.1) is 0 Å². The first-order chi connectivity index (χ1) is 9.57. The van der Waals surface area contributed by atoms with Crippen molar-refractivity contribution in [1.82, 2.24) is 0 Å². The molecule has 0 aliphatic heterocycles. The van der Waals surface area contributed by atoms with Crippen molar-refractivity contribution in [3.05, 3.63) is 33.9 Å². The third-order valence-corrected chi connectivity index (χ3v) is 2.62. The number of nitro benzene ring substituents is 1. The second-order valence-electron chi connectivity index (χ2n) is 4.57. The lowest BCUT2D eigenvalue weighted by Crippen LogP contribution is -2.35. The summed E-state index contributed by atoms with van der Waals surface area (Å²) in [5.41, 5.74) is 2.43. The molecule has 2 N–H and O–H groups in total. The Kier molecular flexibility index (Phi) is 4.75. The van der Waals surface area contributed by atoms with Gasteiger partial charge >= 0.3 is 11.9 Å². The highest BCUT2D eigenvalue weighted by atomic mass is 19.4. The van der Waals surface area contributed by atoms with Crippen molar-refractivity contribution < 1.29 is 22.8 Å². The first kappa shape index (κ1) is 16.7. The van der Waals surface area contributed by atoms with E-state index in [0.717, 1.165) is 6.07 Å². The van der Waals surface area contributed by atoms with Gasteiger partial charge in [0.15, 0.2) is 5.75 Å². The van der Waals surface area contributed by atoms with Crippen molar-refractivity contribution in [2.24, 2.45) is 5.73 Å². The maximum absolute atomic E-state index is 12.5. The zero-order chi connectivity index (χ0) is 16.3. The van der Waals surface area contributed by atoms with Crippen LogP contribution in [0.3, 0.4) is 0 Å². The van der Waals surface area contributed by atoms with Crippen LogP contribution in [0.4, 0.5) is 18.9 Å². The minimum atomic E-state index is -4.68. The van der Waals surface area contributed by atoms with Crippen LogP contribution in [0.1, 0.15) is 18.9 Å². The number of alkyl halides is 3. The number of nitriles is 1. The van der Waals surface area contributed by atoms with Gasteiger partial charge in [-0.25, -0.2) is 0 Å². The van der Waals surface area contributed by atoms with Gasteiger partial charge in [-0.05, 0) is 19.1 Å². The number of hydrogen-bond acceptors (Lipinski definition) is 5. The van der Waals surface area contributed by atoms with Crippen molar-refractivity contribution in [3.63, 3.8) is 0 Å². The molecular weight excluding hydrogens is 291 g/mol. The second kappa shape index (κ2) is 5.97. The topological polar surface area (TPSA) is 102 Å². The van der Waals surface area contributed by atoms with Crippen LogP contribution in [0.5, 0.6) is 5.75 Å². The van der Waals surface area contributed by atoms with Crippen LogP contribution in [-0.2, 0) is 6.18 Å². The summed E-state index contributed by atoms with van der Waals surface area (Å²) in [6.07, 6.45) is -4.61. The quantitative estimate of drug-likeness (QED) is 0.665. The van der Waals surface area contributed by atoms with Crippen LogP contribution in [-0.4, -0.2) is 17.1 Å². The zero-order valence-electron chi connectivity index (χ0n) is 11.0. The molecule has 0 heterocycles. The Bertz CT molecular complexity index is 579. The van der Waals surface area contributed by atoms with E-state index >= 15 is 0 Å². The summed E-state index contributed by atoms with van der Waals surface area (Å²) in [6, 6.07) is 3.78. The molecule has 0 saturated heterocycles. The van der Waals surface area contributed by atoms with E-state index in [0.29, 0.717) is 12.1 Å². The van der Waals surface area contributed by atoms with Gasteiger partial charge in [0.25, 0.3) is 0 Å². The van der Waals surface area contributed by atoms with Gasteiger partial charge in [0.1, 0.15) is 5.54 Å². The molecule has 1 unspecified atom stereocenters. The number of nitro groups is 1. The molecule has 21 heavy (non-hydrogen) atoms. The lowest BCUT2D eigenvalue weighted by Gasteiger charge is -2.15. The normalized spacial score (nSPS) is 14.1. The number of nitrogens with zero attached hydrogens (tertiary/aromatic N) is 2. The maximum atomic E-state index is 12.5. The molecule has 0 aliphatic rings. The van der Waals surface area contributed by atoms with Gasteiger partial charge < -0.3 is 10.5 Å². The standard InChI is InChI=1S/C12H12F3N3O3/c1-11(17,7-16)4-5-21-10-3-2-8(12(13,14)15)6-9(10)18(19)20/h2-3,6H,4-5,17H2,1H3. The molecule has 0 amide bonds. The van der Waals surface area contributed by atoms with E-state index in [-0.39, 0.29) is 18.8 Å². The van der Waals surface area contributed by atoms with Crippen molar-refractivity contribution in [2.75, 3.05) is 6.61 Å². The molecule has 0 fully saturated rings. The highest BCUT2D eigenvalue weighted by Crippen LogP contribution is 2.36. The maximum Gasteiger partial charge on any atom is 0.416 e. The van der Waals surface area contributed by atoms with Crippen LogP contribution in [0.2, 0.25) is 0 Å². The molecule has 0 aliphatic carbocycles. The van der Waals surface area contributed by atoms with Crippen LogP contribution in [0.25, 0.3) is 0 Å². The Morgan fingerprint density at radius 2 is 2.10 bits per heavy atom. The molecule has 1 aromatic carbocycles. The van der Waals surface area contributed by atoms with E-state index in [9.17, 15) is 23.3 Å². The smallest absolute Gasteiger partial charge is 0.416 e. The minimum absolute atomic E-state index is 0.0711. The van der Waals surface area contributed by atoms with E-state index < -0.39 is 27.9 Å². The Balaban J connectivity index is 2.93. The Morgan fingerprint density at radius 1 is 1.48 bits per heavy atom. The van der Waals surface area contributed by atoms with Crippen molar-refractivity contribution in [2.45, 2.75) is 25.1 Å². The molecular formula is C12H12F3N3O3. The van der Waals surface area contributed by atoms with Crippen LogP contribution in [0, 0.1) is 21.4 Å². The van der Waals surface area contributed by atoms with Crippen LogP contribution < -0.4 is 10.5 Å². The first-order valence-electron chi connectivity index (χ1n) is 5.75. The van der Waals surface area contributed by atoms with Crippen molar-refractivity contribution >= 4 is 5.69 Å². The summed E-state index contributed by atoms with van der Waals surface area (Å²) in [7, 11) is 0. The number of benzene rings is 1. The summed E-state index contributed by atoms with van der Waals surface area (Å²) in [4.78, 5) is 9.84. The molecule has 1 atom stereocenters. The molecule has 1 rings (SSSR count). The summed E-state index contributed by atoms with van der Waals surface area (Å²) < 4.78 is 42.6. The largest absolute Gasteiger partial charge is 0.487 e. The SMILES string of the molecule is CC(N)(C#N)CCOc1ccc(C(F)(F)F)cc1[N+](=O)[O-]. The second-order valence-corrected chi connectivity index (χ2v) is 4.57. The third-order valence-electron chi connectivity index (χ3n) is 2.62. The number of rotatable bonds is 5. The lowest BCUT2D eigenvalue weighted by atomic mass is 10.0. The lowest BCUT2D eigenvalue weighted by molar-refractivity contribution is -0.386. The number of hydrogen-bond donors (Lipinski definition) is 1. The van der Waals surface area contributed by atoms with Gasteiger partial charge in [0.05, 0.1) is 23.2 Å². The van der Waals surface area contributed by atoms with Crippen molar-refractivity contribution in [1.29, 1.82) is 5.26 Å². The molecule has 0 aromatic heterocycles. The summed E-state index contributed by atoms with van der Waals surface area (Å²) in [5.74, 6) is -0.304. The van der Waals surface area contributed by atoms with E-state index in [1.165, 1.54) is 6.92 Å². The molecule has 0 radical (unpaired) electrons. The van der Waals surface area contributed by atoms with E-state index in [4.69, 9.17) is 15.7 Å². The first-order valence-corrected chi connectivity index (χ1v) is 5.75. The monoisotopic (exact) mass is 303 g/mol. The molecule has 6 nitrogen and oxygen atoms in total. The zero-order valence-corrected chi connectivity index (χ0v) is 11.0. The highest BCUT2D eigenvalue weighted by molar-refractivity contribution is 5.49. The number of nitrogens with two attached hydrogens (primary N) is 1. The fourth-order valence-electron chi connectivity index (χ4n) is 1.39. The van der Waals surface area contributed by atoms with Gasteiger partial charge in [-0.1, -0.05) is 0 Å². The molecule has 0 saturated carbocycles. The minimum Gasteiger partial charge on any atom is -0.487 e.